The number of piperidine rings is 1. The molecule has 1 nitrogen and oxygen atoms in total. The monoisotopic (exact) mass is 181 g/mol. The minimum atomic E-state index is 0.964. The summed E-state index contributed by atoms with van der Waals surface area (Å²) in [6.07, 6.45) is 5.85. The molecular formula is C12H23N. The van der Waals surface area contributed by atoms with Gasteiger partial charge in [0.15, 0.2) is 0 Å². The quantitative estimate of drug-likeness (QED) is 0.690. The van der Waals surface area contributed by atoms with Crippen molar-refractivity contribution in [3.05, 3.63) is 0 Å². The first kappa shape index (κ1) is 9.51. The molecule has 0 radical (unpaired) electrons. The SMILES string of the molecule is CC[C@H](C)C1CC2CCNCC2C1. The van der Waals surface area contributed by atoms with Crippen LogP contribution >= 0.6 is 0 Å². The smallest absolute Gasteiger partial charge is 0.00178 e. The molecule has 13 heavy (non-hydrogen) atoms. The normalized spacial score (nSPS) is 41.5. The average Bonchev–Trinajstić information content (AvgIpc) is 2.59. The highest BCUT2D eigenvalue weighted by Gasteiger charge is 2.36. The van der Waals surface area contributed by atoms with Gasteiger partial charge in [0.05, 0.1) is 0 Å². The number of fused-ring (bicyclic) bond motifs is 1. The van der Waals surface area contributed by atoms with Crippen molar-refractivity contribution in [2.24, 2.45) is 23.7 Å². The number of hydrogen-bond donors (Lipinski definition) is 1. The van der Waals surface area contributed by atoms with E-state index in [1.54, 1.807) is 0 Å². The maximum atomic E-state index is 3.53. The van der Waals surface area contributed by atoms with Gasteiger partial charge in [-0.1, -0.05) is 20.3 Å². The molecule has 76 valence electrons. The van der Waals surface area contributed by atoms with Crippen molar-refractivity contribution >= 4 is 0 Å². The van der Waals surface area contributed by atoms with Crippen LogP contribution in [-0.2, 0) is 0 Å². The van der Waals surface area contributed by atoms with Crippen LogP contribution in [0, 0.1) is 23.7 Å². The molecule has 1 saturated heterocycles. The molecule has 3 unspecified atom stereocenters. The molecule has 1 aliphatic carbocycles. The fourth-order valence-electron chi connectivity index (χ4n) is 3.24. The van der Waals surface area contributed by atoms with Gasteiger partial charge < -0.3 is 5.32 Å². The molecule has 0 spiro atoms. The van der Waals surface area contributed by atoms with E-state index >= 15 is 0 Å². The molecule has 4 atom stereocenters. The van der Waals surface area contributed by atoms with Gasteiger partial charge in [0, 0.05) is 0 Å². The Bertz CT molecular complexity index is 153. The van der Waals surface area contributed by atoms with E-state index in [2.05, 4.69) is 19.2 Å². The molecule has 0 aromatic carbocycles. The summed E-state index contributed by atoms with van der Waals surface area (Å²) in [6, 6.07) is 0. The number of rotatable bonds is 2. The first-order valence-corrected chi connectivity index (χ1v) is 6.02. The lowest BCUT2D eigenvalue weighted by atomic mass is 9.89. The van der Waals surface area contributed by atoms with Crippen LogP contribution < -0.4 is 5.32 Å². The summed E-state index contributed by atoms with van der Waals surface area (Å²) in [6.45, 7) is 7.35. The summed E-state index contributed by atoms with van der Waals surface area (Å²) in [4.78, 5) is 0. The van der Waals surface area contributed by atoms with Crippen molar-refractivity contribution in [1.29, 1.82) is 0 Å². The second-order valence-electron chi connectivity index (χ2n) is 5.13. The standard InChI is InChI=1S/C12H23N/c1-3-9(2)11-6-10-4-5-13-8-12(10)7-11/h9-13H,3-8H2,1-2H3/t9-,10?,11?,12?/m0/s1. The minimum absolute atomic E-state index is 0.964. The van der Waals surface area contributed by atoms with Crippen LogP contribution in [0.5, 0.6) is 0 Å². The Morgan fingerprint density at radius 2 is 2.08 bits per heavy atom. The van der Waals surface area contributed by atoms with Crippen LogP contribution in [-0.4, -0.2) is 13.1 Å². The zero-order chi connectivity index (χ0) is 9.26. The Kier molecular flexibility index (Phi) is 2.92. The van der Waals surface area contributed by atoms with Gasteiger partial charge in [0.25, 0.3) is 0 Å². The number of nitrogens with one attached hydrogen (secondary N) is 1. The van der Waals surface area contributed by atoms with Crippen LogP contribution in [0.3, 0.4) is 0 Å². The highest BCUT2D eigenvalue weighted by Crippen LogP contribution is 2.43. The zero-order valence-corrected chi connectivity index (χ0v) is 9.05. The predicted octanol–water partition coefficient (Wildman–Crippen LogP) is 2.67. The van der Waals surface area contributed by atoms with Crippen molar-refractivity contribution in [2.75, 3.05) is 13.1 Å². The van der Waals surface area contributed by atoms with E-state index in [9.17, 15) is 0 Å². The van der Waals surface area contributed by atoms with Gasteiger partial charge in [-0.25, -0.2) is 0 Å². The molecule has 1 aliphatic heterocycles. The van der Waals surface area contributed by atoms with Gasteiger partial charge in [-0.15, -0.1) is 0 Å². The Morgan fingerprint density at radius 3 is 2.77 bits per heavy atom. The molecule has 0 aromatic heterocycles. The van der Waals surface area contributed by atoms with Crippen LogP contribution in [0.1, 0.15) is 39.5 Å². The lowest BCUT2D eigenvalue weighted by molar-refractivity contribution is 0.295. The third-order valence-corrected chi connectivity index (χ3v) is 4.42. The van der Waals surface area contributed by atoms with Gasteiger partial charge in [0.2, 0.25) is 0 Å². The fraction of sp³-hybridized carbons (Fsp3) is 1.00. The van der Waals surface area contributed by atoms with Gasteiger partial charge >= 0.3 is 0 Å². The third kappa shape index (κ3) is 1.90. The molecule has 1 heterocycles. The first-order valence-electron chi connectivity index (χ1n) is 6.02. The van der Waals surface area contributed by atoms with E-state index < -0.39 is 0 Å². The molecule has 2 fully saturated rings. The van der Waals surface area contributed by atoms with Gasteiger partial charge in [-0.3, -0.25) is 0 Å². The maximum Gasteiger partial charge on any atom is -0.00178 e. The summed E-state index contributed by atoms with van der Waals surface area (Å²) in [5.41, 5.74) is 0. The van der Waals surface area contributed by atoms with E-state index in [1.165, 1.54) is 38.8 Å². The van der Waals surface area contributed by atoms with E-state index in [0.29, 0.717) is 0 Å². The van der Waals surface area contributed by atoms with Crippen molar-refractivity contribution in [3.63, 3.8) is 0 Å². The van der Waals surface area contributed by atoms with Crippen molar-refractivity contribution in [2.45, 2.75) is 39.5 Å². The first-order chi connectivity index (χ1) is 6.31. The highest BCUT2D eigenvalue weighted by atomic mass is 14.9. The Labute approximate surface area is 82.3 Å². The Morgan fingerprint density at radius 1 is 1.31 bits per heavy atom. The summed E-state index contributed by atoms with van der Waals surface area (Å²) in [7, 11) is 0. The van der Waals surface area contributed by atoms with Crippen LogP contribution in [0.4, 0.5) is 0 Å². The number of hydrogen-bond acceptors (Lipinski definition) is 1. The Hall–Kier alpha value is -0.0400. The van der Waals surface area contributed by atoms with Crippen molar-refractivity contribution in [3.8, 4) is 0 Å². The largest absolute Gasteiger partial charge is 0.316 e. The van der Waals surface area contributed by atoms with E-state index in [4.69, 9.17) is 0 Å². The fourth-order valence-corrected chi connectivity index (χ4v) is 3.24. The van der Waals surface area contributed by atoms with E-state index in [-0.39, 0.29) is 0 Å². The molecule has 1 N–H and O–H groups in total. The predicted molar refractivity (Wildman–Crippen MR) is 56.6 cm³/mol. The summed E-state index contributed by atoms with van der Waals surface area (Å²) in [5.74, 6) is 4.10. The van der Waals surface area contributed by atoms with Gasteiger partial charge in [0.1, 0.15) is 0 Å². The highest BCUT2D eigenvalue weighted by molar-refractivity contribution is 4.89. The molecule has 2 rings (SSSR count). The molecule has 0 amide bonds. The van der Waals surface area contributed by atoms with Crippen molar-refractivity contribution in [1.82, 2.24) is 5.32 Å². The molecule has 2 aliphatic rings. The van der Waals surface area contributed by atoms with Crippen LogP contribution in [0.15, 0.2) is 0 Å². The summed E-state index contributed by atoms with van der Waals surface area (Å²) < 4.78 is 0. The summed E-state index contributed by atoms with van der Waals surface area (Å²) >= 11 is 0. The molecule has 0 bridgehead atoms. The Balaban J connectivity index is 1.91. The van der Waals surface area contributed by atoms with Gasteiger partial charge in [-0.05, 0) is 56.0 Å². The minimum Gasteiger partial charge on any atom is -0.316 e. The molecule has 1 saturated carbocycles. The lowest BCUT2D eigenvalue weighted by Gasteiger charge is -2.25. The molecule has 0 aromatic rings. The van der Waals surface area contributed by atoms with Crippen LogP contribution in [0.2, 0.25) is 0 Å². The zero-order valence-electron chi connectivity index (χ0n) is 9.05. The molecular weight excluding hydrogens is 158 g/mol. The van der Waals surface area contributed by atoms with Crippen molar-refractivity contribution < 1.29 is 0 Å². The molecule has 1 heteroatoms. The van der Waals surface area contributed by atoms with E-state index in [1.807, 2.05) is 0 Å². The summed E-state index contributed by atoms with van der Waals surface area (Å²) in [5, 5.41) is 3.53. The maximum absolute atomic E-state index is 3.53. The second-order valence-corrected chi connectivity index (χ2v) is 5.13. The lowest BCUT2D eigenvalue weighted by Crippen LogP contribution is -2.33. The van der Waals surface area contributed by atoms with Gasteiger partial charge in [-0.2, -0.15) is 0 Å². The second kappa shape index (κ2) is 4.00. The van der Waals surface area contributed by atoms with Crippen LogP contribution in [0.25, 0.3) is 0 Å². The average molecular weight is 181 g/mol. The third-order valence-electron chi connectivity index (χ3n) is 4.42. The topological polar surface area (TPSA) is 12.0 Å². The van der Waals surface area contributed by atoms with E-state index in [0.717, 1.165) is 23.7 Å².